The molecular weight excluding hydrogens is 350 g/mol. The summed E-state index contributed by atoms with van der Waals surface area (Å²) in [6.45, 7) is 6.82. The summed E-state index contributed by atoms with van der Waals surface area (Å²) in [4.78, 5) is 15.1. The average Bonchev–Trinajstić information content (AvgIpc) is 3.07. The van der Waals surface area contributed by atoms with Gasteiger partial charge in [0.1, 0.15) is 11.8 Å². The van der Waals surface area contributed by atoms with Crippen molar-refractivity contribution in [1.29, 1.82) is 0 Å². The molecule has 0 bridgehead atoms. The molecule has 5 heteroatoms. The molecule has 28 heavy (non-hydrogen) atoms. The van der Waals surface area contributed by atoms with Gasteiger partial charge in [-0.1, -0.05) is 73.6 Å². The number of nitrogens with one attached hydrogen (secondary N) is 1. The van der Waals surface area contributed by atoms with Gasteiger partial charge in [-0.25, -0.2) is 0 Å². The second kappa shape index (κ2) is 8.85. The Balaban J connectivity index is 1.80. The topological polar surface area (TPSA) is 58.4 Å². The Bertz CT molecular complexity index is 901. The van der Waals surface area contributed by atoms with Crippen LogP contribution in [0.2, 0.25) is 0 Å². The molecule has 0 fully saturated rings. The van der Waals surface area contributed by atoms with E-state index >= 15 is 0 Å². The van der Waals surface area contributed by atoms with E-state index in [0.29, 0.717) is 24.0 Å². The van der Waals surface area contributed by atoms with E-state index in [1.807, 2.05) is 42.3 Å². The highest BCUT2D eigenvalue weighted by Gasteiger charge is 2.26. The van der Waals surface area contributed by atoms with Crippen molar-refractivity contribution in [3.8, 4) is 0 Å². The summed E-state index contributed by atoms with van der Waals surface area (Å²) in [6.07, 6.45) is 0. The van der Waals surface area contributed by atoms with Crippen molar-refractivity contribution in [3.05, 3.63) is 83.1 Å². The number of anilines is 1. The minimum absolute atomic E-state index is 0.138. The van der Waals surface area contributed by atoms with Gasteiger partial charge in [-0.2, -0.15) is 0 Å². The Labute approximate surface area is 166 Å². The number of likely N-dealkylation sites (N-methyl/N-ethyl adjacent to an activating group) is 1. The third-order valence-electron chi connectivity index (χ3n) is 4.76. The van der Waals surface area contributed by atoms with Gasteiger partial charge < -0.3 is 9.84 Å². The van der Waals surface area contributed by atoms with E-state index in [1.54, 1.807) is 13.0 Å². The fourth-order valence-electron chi connectivity index (χ4n) is 3.25. The van der Waals surface area contributed by atoms with Crippen LogP contribution in [0.15, 0.2) is 65.2 Å². The van der Waals surface area contributed by atoms with E-state index in [1.165, 1.54) is 5.56 Å². The van der Waals surface area contributed by atoms with E-state index in [-0.39, 0.29) is 5.91 Å². The van der Waals surface area contributed by atoms with Gasteiger partial charge in [-0.15, -0.1) is 0 Å². The first-order valence-corrected chi connectivity index (χ1v) is 9.52. The first-order chi connectivity index (χ1) is 13.4. The van der Waals surface area contributed by atoms with Crippen LogP contribution in [0.3, 0.4) is 0 Å². The lowest BCUT2D eigenvalue weighted by Gasteiger charge is -2.27. The van der Waals surface area contributed by atoms with E-state index < -0.39 is 6.04 Å². The summed E-state index contributed by atoms with van der Waals surface area (Å²) < 4.78 is 5.06. The van der Waals surface area contributed by atoms with Crippen molar-refractivity contribution in [2.75, 3.05) is 12.4 Å². The fourth-order valence-corrected chi connectivity index (χ4v) is 3.25. The largest absolute Gasteiger partial charge is 0.360 e. The van der Waals surface area contributed by atoms with Crippen LogP contribution < -0.4 is 5.32 Å². The van der Waals surface area contributed by atoms with Crippen molar-refractivity contribution in [3.63, 3.8) is 0 Å². The first kappa shape index (κ1) is 19.8. The summed E-state index contributed by atoms with van der Waals surface area (Å²) in [5.41, 5.74) is 3.41. The molecule has 0 aliphatic heterocycles. The van der Waals surface area contributed by atoms with Gasteiger partial charge in [0, 0.05) is 12.6 Å². The normalized spacial score (nSPS) is 12.4. The molecule has 1 atom stereocenters. The summed E-state index contributed by atoms with van der Waals surface area (Å²) in [5.74, 6) is 1.45. The number of aromatic nitrogens is 1. The summed E-state index contributed by atoms with van der Waals surface area (Å²) >= 11 is 0. The van der Waals surface area contributed by atoms with Gasteiger partial charge in [-0.3, -0.25) is 9.69 Å². The molecule has 1 aromatic heterocycles. The van der Waals surface area contributed by atoms with Crippen LogP contribution in [0.1, 0.15) is 48.3 Å². The molecule has 146 valence electrons. The third kappa shape index (κ3) is 4.87. The quantitative estimate of drug-likeness (QED) is 0.635. The maximum absolute atomic E-state index is 13.1. The molecule has 1 amide bonds. The minimum Gasteiger partial charge on any atom is -0.360 e. The molecule has 0 radical (unpaired) electrons. The molecule has 5 nitrogen and oxygen atoms in total. The number of hydrogen-bond donors (Lipinski definition) is 1. The smallest absolute Gasteiger partial charge is 0.247 e. The van der Waals surface area contributed by atoms with Crippen LogP contribution >= 0.6 is 0 Å². The second-order valence-electron chi connectivity index (χ2n) is 7.44. The monoisotopic (exact) mass is 377 g/mol. The highest BCUT2D eigenvalue weighted by atomic mass is 16.5. The predicted molar refractivity (Wildman–Crippen MR) is 111 cm³/mol. The second-order valence-corrected chi connectivity index (χ2v) is 7.44. The van der Waals surface area contributed by atoms with Crippen molar-refractivity contribution < 1.29 is 9.32 Å². The zero-order valence-electron chi connectivity index (χ0n) is 16.8. The van der Waals surface area contributed by atoms with Gasteiger partial charge >= 0.3 is 0 Å². The molecule has 1 N–H and O–H groups in total. The highest BCUT2D eigenvalue weighted by Crippen LogP contribution is 2.24. The van der Waals surface area contributed by atoms with Crippen molar-refractivity contribution in [2.45, 2.75) is 39.3 Å². The number of carbonyl (C=O) groups excluding carboxylic acids is 1. The van der Waals surface area contributed by atoms with Crippen LogP contribution in [0.4, 0.5) is 5.82 Å². The predicted octanol–water partition coefficient (Wildman–Crippen LogP) is 4.92. The Morgan fingerprint density at radius 3 is 2.32 bits per heavy atom. The minimum atomic E-state index is -0.442. The van der Waals surface area contributed by atoms with Crippen LogP contribution in [0.25, 0.3) is 0 Å². The lowest BCUT2D eigenvalue weighted by Crippen LogP contribution is -2.34. The third-order valence-corrected chi connectivity index (χ3v) is 4.76. The van der Waals surface area contributed by atoms with Gasteiger partial charge in [0.05, 0.1) is 0 Å². The number of benzene rings is 2. The standard InChI is InChI=1S/C23H27N3O2/c1-16(2)19-12-10-18(11-13-19)15-26(4)22(20-8-6-5-7-9-20)23(27)24-21-14-17(3)28-25-21/h5-14,16,22H,15H2,1-4H3,(H,24,25,27)/t22-/m0/s1. The molecule has 0 unspecified atom stereocenters. The zero-order chi connectivity index (χ0) is 20.1. The maximum Gasteiger partial charge on any atom is 0.247 e. The van der Waals surface area contributed by atoms with Gasteiger partial charge in [0.15, 0.2) is 5.82 Å². The summed E-state index contributed by atoms with van der Waals surface area (Å²) in [7, 11) is 1.96. The molecule has 0 saturated carbocycles. The number of nitrogens with zero attached hydrogens (tertiary/aromatic N) is 2. The Morgan fingerprint density at radius 2 is 1.75 bits per heavy atom. The Hall–Kier alpha value is -2.92. The molecule has 3 rings (SSSR count). The van der Waals surface area contributed by atoms with E-state index in [0.717, 1.165) is 11.1 Å². The van der Waals surface area contributed by atoms with Crippen LogP contribution in [0, 0.1) is 6.92 Å². The van der Waals surface area contributed by atoms with Crippen molar-refractivity contribution in [1.82, 2.24) is 10.1 Å². The van der Waals surface area contributed by atoms with Gasteiger partial charge in [0.2, 0.25) is 5.91 Å². The number of rotatable bonds is 7. The highest BCUT2D eigenvalue weighted by molar-refractivity contribution is 5.94. The maximum atomic E-state index is 13.1. The number of carbonyl (C=O) groups is 1. The molecule has 3 aromatic rings. The van der Waals surface area contributed by atoms with Crippen molar-refractivity contribution >= 4 is 11.7 Å². The van der Waals surface area contributed by atoms with E-state index in [9.17, 15) is 4.79 Å². The molecule has 1 heterocycles. The lowest BCUT2D eigenvalue weighted by molar-refractivity contribution is -0.121. The van der Waals surface area contributed by atoms with Crippen LogP contribution in [-0.4, -0.2) is 23.0 Å². The average molecular weight is 377 g/mol. The van der Waals surface area contributed by atoms with Gasteiger partial charge in [0.25, 0.3) is 0 Å². The molecule has 0 saturated heterocycles. The van der Waals surface area contributed by atoms with Crippen molar-refractivity contribution in [2.24, 2.45) is 0 Å². The summed E-state index contributed by atoms with van der Waals surface area (Å²) in [5, 5.41) is 6.74. The molecule has 0 aliphatic carbocycles. The molecule has 0 spiro atoms. The number of aryl methyl sites for hydroxylation is 1. The van der Waals surface area contributed by atoms with E-state index in [4.69, 9.17) is 4.52 Å². The Morgan fingerprint density at radius 1 is 1.07 bits per heavy atom. The molecular formula is C23H27N3O2. The van der Waals surface area contributed by atoms with Crippen LogP contribution in [0.5, 0.6) is 0 Å². The Kier molecular flexibility index (Phi) is 6.26. The number of amides is 1. The SMILES string of the molecule is Cc1cc(NC(=O)[C@H](c2ccccc2)N(C)Cc2ccc(C(C)C)cc2)no1. The fraction of sp³-hybridized carbons (Fsp3) is 0.304. The molecule has 0 aliphatic rings. The van der Waals surface area contributed by atoms with Gasteiger partial charge in [-0.05, 0) is 36.6 Å². The van der Waals surface area contributed by atoms with E-state index in [2.05, 4.69) is 48.6 Å². The molecule has 2 aromatic carbocycles. The lowest BCUT2D eigenvalue weighted by atomic mass is 10.0. The van der Waals surface area contributed by atoms with Crippen LogP contribution in [-0.2, 0) is 11.3 Å². The first-order valence-electron chi connectivity index (χ1n) is 9.52. The zero-order valence-corrected chi connectivity index (χ0v) is 16.8. The number of hydrogen-bond acceptors (Lipinski definition) is 4. The summed E-state index contributed by atoms with van der Waals surface area (Å²) in [6, 6.07) is 19.6.